The van der Waals surface area contributed by atoms with Gasteiger partial charge in [-0.2, -0.15) is 0 Å². The highest BCUT2D eigenvalue weighted by molar-refractivity contribution is 6.74. The summed E-state index contributed by atoms with van der Waals surface area (Å²) in [5.74, 6) is 5.72. The second-order valence-electron chi connectivity index (χ2n) is 7.10. The van der Waals surface area contributed by atoms with Crippen molar-refractivity contribution < 1.29 is 14.0 Å². The van der Waals surface area contributed by atoms with Crippen LogP contribution in [0.15, 0.2) is 24.3 Å². The summed E-state index contributed by atoms with van der Waals surface area (Å²) in [6, 6.07) is 0. The SMILES string of the molecule is CC#CCOC1(CCO[Si](C)(C)C(C)(C)C)C=CC(=O)C=C1. The molecule has 0 heterocycles. The van der Waals surface area contributed by atoms with Gasteiger partial charge in [0, 0.05) is 13.0 Å². The first-order chi connectivity index (χ1) is 10.1. The number of hydrogen-bond donors (Lipinski definition) is 0. The maximum absolute atomic E-state index is 11.4. The Morgan fingerprint density at radius 3 is 2.32 bits per heavy atom. The normalized spacial score (nSPS) is 17.3. The van der Waals surface area contributed by atoms with E-state index < -0.39 is 13.9 Å². The largest absolute Gasteiger partial charge is 0.417 e. The molecule has 122 valence electrons. The molecular weight excluding hydrogens is 292 g/mol. The molecule has 0 aromatic carbocycles. The van der Waals surface area contributed by atoms with Gasteiger partial charge in [0.15, 0.2) is 14.1 Å². The van der Waals surface area contributed by atoms with E-state index >= 15 is 0 Å². The zero-order valence-electron chi connectivity index (χ0n) is 14.7. The van der Waals surface area contributed by atoms with Crippen LogP contribution in [-0.4, -0.2) is 32.9 Å². The third kappa shape index (κ3) is 5.24. The van der Waals surface area contributed by atoms with E-state index in [0.29, 0.717) is 19.6 Å². The summed E-state index contributed by atoms with van der Waals surface area (Å²) < 4.78 is 12.1. The molecular formula is C18H28O3Si. The second kappa shape index (κ2) is 7.41. The highest BCUT2D eigenvalue weighted by atomic mass is 28.4. The van der Waals surface area contributed by atoms with Gasteiger partial charge in [-0.05, 0) is 49.4 Å². The second-order valence-corrected chi connectivity index (χ2v) is 11.9. The number of allylic oxidation sites excluding steroid dienone is 2. The van der Waals surface area contributed by atoms with Crippen LogP contribution in [0.1, 0.15) is 34.1 Å². The Morgan fingerprint density at radius 2 is 1.82 bits per heavy atom. The summed E-state index contributed by atoms with van der Waals surface area (Å²) >= 11 is 0. The molecule has 0 bridgehead atoms. The van der Waals surface area contributed by atoms with Crippen molar-refractivity contribution in [3.8, 4) is 11.8 Å². The predicted octanol–water partition coefficient (Wildman–Crippen LogP) is 3.87. The minimum absolute atomic E-state index is 0.00823. The van der Waals surface area contributed by atoms with Gasteiger partial charge in [-0.25, -0.2) is 0 Å². The Hall–Kier alpha value is -1.15. The Kier molecular flexibility index (Phi) is 6.36. The number of ketones is 1. The van der Waals surface area contributed by atoms with Crippen LogP contribution < -0.4 is 0 Å². The maximum Gasteiger partial charge on any atom is 0.191 e. The molecule has 0 aliphatic heterocycles. The molecule has 0 N–H and O–H groups in total. The van der Waals surface area contributed by atoms with E-state index in [0.717, 1.165) is 0 Å². The summed E-state index contributed by atoms with van der Waals surface area (Å²) in [5.41, 5.74) is -0.583. The number of carbonyl (C=O) groups is 1. The van der Waals surface area contributed by atoms with Crippen molar-refractivity contribution in [1.29, 1.82) is 0 Å². The van der Waals surface area contributed by atoms with Crippen LogP contribution in [0.4, 0.5) is 0 Å². The zero-order chi connectivity index (χ0) is 16.9. The van der Waals surface area contributed by atoms with E-state index in [1.54, 1.807) is 19.1 Å². The highest BCUT2D eigenvalue weighted by Gasteiger charge is 2.38. The zero-order valence-corrected chi connectivity index (χ0v) is 15.7. The molecule has 3 nitrogen and oxygen atoms in total. The molecule has 0 aromatic rings. The van der Waals surface area contributed by atoms with Crippen molar-refractivity contribution >= 4 is 14.1 Å². The van der Waals surface area contributed by atoms with Crippen molar-refractivity contribution in [2.75, 3.05) is 13.2 Å². The van der Waals surface area contributed by atoms with Gasteiger partial charge < -0.3 is 9.16 Å². The number of rotatable bonds is 6. The summed E-state index contributed by atoms with van der Waals surface area (Å²) in [4.78, 5) is 11.4. The molecule has 1 rings (SSSR count). The van der Waals surface area contributed by atoms with E-state index in [1.165, 1.54) is 0 Å². The van der Waals surface area contributed by atoms with Crippen LogP contribution in [0.3, 0.4) is 0 Å². The Morgan fingerprint density at radius 1 is 1.23 bits per heavy atom. The lowest BCUT2D eigenvalue weighted by Gasteiger charge is -2.37. The van der Waals surface area contributed by atoms with Gasteiger partial charge in [0.1, 0.15) is 12.2 Å². The van der Waals surface area contributed by atoms with Crippen LogP contribution in [0.2, 0.25) is 18.1 Å². The third-order valence-corrected chi connectivity index (χ3v) is 8.95. The van der Waals surface area contributed by atoms with E-state index in [-0.39, 0.29) is 10.8 Å². The summed E-state index contributed by atoms with van der Waals surface area (Å²) in [5, 5.41) is 0.183. The van der Waals surface area contributed by atoms with Crippen molar-refractivity contribution in [2.45, 2.75) is 57.8 Å². The topological polar surface area (TPSA) is 35.5 Å². The van der Waals surface area contributed by atoms with Crippen molar-refractivity contribution in [2.24, 2.45) is 0 Å². The maximum atomic E-state index is 11.4. The molecule has 0 saturated carbocycles. The van der Waals surface area contributed by atoms with Crippen LogP contribution >= 0.6 is 0 Å². The van der Waals surface area contributed by atoms with Crippen LogP contribution in [-0.2, 0) is 14.0 Å². The van der Waals surface area contributed by atoms with E-state index in [4.69, 9.17) is 9.16 Å². The Balaban J connectivity index is 2.70. The summed E-state index contributed by atoms with van der Waals surface area (Å²) in [6.07, 6.45) is 7.45. The molecule has 0 saturated heterocycles. The average molecular weight is 321 g/mol. The highest BCUT2D eigenvalue weighted by Crippen LogP contribution is 2.37. The lowest BCUT2D eigenvalue weighted by molar-refractivity contribution is -0.110. The van der Waals surface area contributed by atoms with E-state index in [1.807, 2.05) is 12.2 Å². The Bertz CT molecular complexity index is 497. The van der Waals surface area contributed by atoms with Gasteiger partial charge in [0.2, 0.25) is 0 Å². The molecule has 4 heteroatoms. The molecule has 0 atom stereocenters. The van der Waals surface area contributed by atoms with Gasteiger partial charge in [0.25, 0.3) is 0 Å². The minimum atomic E-state index is -1.77. The first-order valence-electron chi connectivity index (χ1n) is 7.72. The van der Waals surface area contributed by atoms with Crippen LogP contribution in [0, 0.1) is 11.8 Å². The lowest BCUT2D eigenvalue weighted by atomic mass is 9.94. The van der Waals surface area contributed by atoms with Gasteiger partial charge >= 0.3 is 0 Å². The monoisotopic (exact) mass is 320 g/mol. The van der Waals surface area contributed by atoms with Crippen LogP contribution in [0.25, 0.3) is 0 Å². The molecule has 0 unspecified atom stereocenters. The number of hydrogen-bond acceptors (Lipinski definition) is 3. The summed E-state index contributed by atoms with van der Waals surface area (Å²) in [7, 11) is -1.77. The Labute approximate surface area is 135 Å². The molecule has 0 fully saturated rings. The van der Waals surface area contributed by atoms with Crippen LogP contribution in [0.5, 0.6) is 0 Å². The standard InChI is InChI=1S/C18H28O3Si/c1-7-8-14-20-18(11-9-16(19)10-12-18)13-15-21-22(5,6)17(2,3)4/h9-12H,13-15H2,1-6H3. The molecule has 0 radical (unpaired) electrons. The van der Waals surface area contributed by atoms with Gasteiger partial charge in [0.05, 0.1) is 0 Å². The fourth-order valence-electron chi connectivity index (χ4n) is 1.82. The number of carbonyl (C=O) groups excluding carboxylic acids is 1. The smallest absolute Gasteiger partial charge is 0.191 e. The minimum Gasteiger partial charge on any atom is -0.417 e. The molecule has 0 spiro atoms. The van der Waals surface area contributed by atoms with E-state index in [9.17, 15) is 4.79 Å². The van der Waals surface area contributed by atoms with E-state index in [2.05, 4.69) is 45.7 Å². The van der Waals surface area contributed by atoms with Gasteiger partial charge in [-0.15, -0.1) is 5.92 Å². The first-order valence-corrected chi connectivity index (χ1v) is 10.6. The summed E-state index contributed by atoms with van der Waals surface area (Å²) in [6.45, 7) is 13.9. The van der Waals surface area contributed by atoms with Gasteiger partial charge in [-0.1, -0.05) is 26.7 Å². The fraction of sp³-hybridized carbons (Fsp3) is 0.611. The molecule has 1 aliphatic rings. The molecule has 1 aliphatic carbocycles. The predicted molar refractivity (Wildman–Crippen MR) is 93.2 cm³/mol. The number of ether oxygens (including phenoxy) is 1. The molecule has 0 amide bonds. The van der Waals surface area contributed by atoms with Crippen molar-refractivity contribution in [3.05, 3.63) is 24.3 Å². The quantitative estimate of drug-likeness (QED) is 0.550. The third-order valence-electron chi connectivity index (χ3n) is 4.41. The van der Waals surface area contributed by atoms with Gasteiger partial charge in [-0.3, -0.25) is 4.79 Å². The first kappa shape index (κ1) is 18.9. The lowest BCUT2D eigenvalue weighted by Crippen LogP contribution is -2.42. The molecule has 0 aromatic heterocycles. The average Bonchev–Trinajstić information content (AvgIpc) is 2.41. The molecule has 22 heavy (non-hydrogen) atoms. The fourth-order valence-corrected chi connectivity index (χ4v) is 2.86. The van der Waals surface area contributed by atoms with Crippen molar-refractivity contribution in [1.82, 2.24) is 0 Å². The van der Waals surface area contributed by atoms with Crippen molar-refractivity contribution in [3.63, 3.8) is 0 Å².